The number of hydrazine groups is 1. The van der Waals surface area contributed by atoms with Gasteiger partial charge in [-0.1, -0.05) is 35.9 Å². The molecular formula is C22H23ClN4O4. The molecule has 162 valence electrons. The fourth-order valence-electron chi connectivity index (χ4n) is 3.85. The molecule has 31 heavy (non-hydrogen) atoms. The number of halogens is 1. The molecule has 2 unspecified atom stereocenters. The summed E-state index contributed by atoms with van der Waals surface area (Å²) in [4.78, 5) is 13.7. The second-order valence-electron chi connectivity index (χ2n) is 7.87. The van der Waals surface area contributed by atoms with Crippen molar-refractivity contribution >= 4 is 23.8 Å². The third kappa shape index (κ3) is 4.12. The minimum atomic E-state index is -0.827. The third-order valence-corrected chi connectivity index (χ3v) is 5.89. The van der Waals surface area contributed by atoms with Crippen molar-refractivity contribution in [3.63, 3.8) is 0 Å². The molecule has 8 nitrogen and oxygen atoms in total. The Balaban J connectivity index is 1.26. The number of ether oxygens (including phenoxy) is 2. The first kappa shape index (κ1) is 20.3. The van der Waals surface area contributed by atoms with Gasteiger partial charge in [-0.25, -0.2) is 0 Å². The summed E-state index contributed by atoms with van der Waals surface area (Å²) >= 11 is 6.46. The van der Waals surface area contributed by atoms with Gasteiger partial charge in [0.2, 0.25) is 5.90 Å². The lowest BCUT2D eigenvalue weighted by Gasteiger charge is -2.44. The summed E-state index contributed by atoms with van der Waals surface area (Å²) < 4.78 is 11.8. The van der Waals surface area contributed by atoms with Crippen LogP contribution in [0.1, 0.15) is 17.5 Å². The molecule has 0 spiro atoms. The highest BCUT2D eigenvalue weighted by Gasteiger charge is 2.42. The Bertz CT molecular complexity index is 983. The van der Waals surface area contributed by atoms with E-state index >= 15 is 0 Å². The zero-order valence-electron chi connectivity index (χ0n) is 16.8. The molecule has 3 aliphatic rings. The van der Waals surface area contributed by atoms with E-state index in [0.717, 1.165) is 30.4 Å². The average Bonchev–Trinajstić information content (AvgIpc) is 3.15. The van der Waals surface area contributed by atoms with E-state index in [1.807, 2.05) is 53.5 Å². The number of aliphatic hydroxyl groups excluding tert-OH is 1. The molecule has 2 aromatic carbocycles. The second kappa shape index (κ2) is 8.47. The fraction of sp³-hybridized carbons (Fsp3) is 0.364. The Kier molecular flexibility index (Phi) is 5.54. The Hall–Kier alpha value is -2.65. The molecule has 0 radical (unpaired) electrons. The molecular weight excluding hydrogens is 420 g/mol. The van der Waals surface area contributed by atoms with Crippen LogP contribution in [0.5, 0.6) is 5.75 Å². The van der Waals surface area contributed by atoms with Crippen molar-refractivity contribution in [1.29, 1.82) is 0 Å². The highest BCUT2D eigenvalue weighted by Crippen LogP contribution is 2.33. The van der Waals surface area contributed by atoms with Crippen molar-refractivity contribution in [2.75, 3.05) is 19.6 Å². The largest absolute Gasteiger partial charge is 0.472 e. The van der Waals surface area contributed by atoms with Crippen LogP contribution >= 0.6 is 11.6 Å². The number of likely N-dealkylation sites (tertiary alicyclic amines) is 1. The lowest BCUT2D eigenvalue weighted by molar-refractivity contribution is -0.218. The molecule has 3 heterocycles. The van der Waals surface area contributed by atoms with Crippen LogP contribution in [0.4, 0.5) is 0 Å². The van der Waals surface area contributed by atoms with Crippen LogP contribution in [0.2, 0.25) is 5.02 Å². The van der Waals surface area contributed by atoms with Gasteiger partial charge in [-0.05, 0) is 29.8 Å². The Morgan fingerprint density at radius 3 is 2.68 bits per heavy atom. The highest BCUT2D eigenvalue weighted by atomic mass is 35.5. The molecule has 2 aromatic rings. The Morgan fingerprint density at radius 2 is 2.03 bits per heavy atom. The number of aldehydes is 1. The maximum Gasteiger partial charge on any atom is 0.260 e. The molecule has 0 bridgehead atoms. The molecule has 2 fully saturated rings. The summed E-state index contributed by atoms with van der Waals surface area (Å²) in [5.41, 5.74) is 1.88. The van der Waals surface area contributed by atoms with Gasteiger partial charge in [0.15, 0.2) is 12.5 Å². The number of carbonyl (C=O) groups is 1. The molecule has 1 N–H and O–H groups in total. The van der Waals surface area contributed by atoms with Gasteiger partial charge in [0.25, 0.3) is 6.23 Å². The van der Waals surface area contributed by atoms with Crippen LogP contribution in [0.15, 0.2) is 53.6 Å². The number of benzene rings is 2. The first-order valence-electron chi connectivity index (χ1n) is 10.3. The predicted octanol–water partition coefficient (Wildman–Crippen LogP) is 2.06. The number of β-amino-alcohol motifs (C(OH)–C–C–N with tert-alkyl or cyclic N) is 1. The summed E-state index contributed by atoms with van der Waals surface area (Å²) in [6.45, 7) is 2.81. The number of hydrazone groups is 1. The van der Waals surface area contributed by atoms with Crippen molar-refractivity contribution in [1.82, 2.24) is 15.0 Å². The SMILES string of the molecule is O=CC1OC(c2ccccc2)=NN1N1CCC1Oc1ccc(CN2CC(O)C2)cc1Cl. The van der Waals surface area contributed by atoms with E-state index in [1.54, 1.807) is 5.12 Å². The number of nitrogens with zero attached hydrogens (tertiary/aromatic N) is 4. The van der Waals surface area contributed by atoms with Gasteiger partial charge in [-0.3, -0.25) is 9.69 Å². The minimum absolute atomic E-state index is 0.225. The van der Waals surface area contributed by atoms with Crippen LogP contribution in [0.3, 0.4) is 0 Å². The van der Waals surface area contributed by atoms with E-state index < -0.39 is 6.23 Å². The lowest BCUT2D eigenvalue weighted by Crippen LogP contribution is -2.60. The molecule has 2 saturated heterocycles. The van der Waals surface area contributed by atoms with E-state index in [-0.39, 0.29) is 12.3 Å². The smallest absolute Gasteiger partial charge is 0.260 e. The van der Waals surface area contributed by atoms with E-state index in [9.17, 15) is 9.90 Å². The first-order valence-corrected chi connectivity index (χ1v) is 10.7. The molecule has 5 rings (SSSR count). The second-order valence-corrected chi connectivity index (χ2v) is 8.28. The summed E-state index contributed by atoms with van der Waals surface area (Å²) in [5, 5.41) is 17.9. The summed E-state index contributed by atoms with van der Waals surface area (Å²) in [7, 11) is 0. The average molecular weight is 443 g/mol. The van der Waals surface area contributed by atoms with Crippen molar-refractivity contribution in [2.45, 2.75) is 31.5 Å². The van der Waals surface area contributed by atoms with Gasteiger partial charge in [0, 0.05) is 38.2 Å². The number of rotatable bonds is 7. The van der Waals surface area contributed by atoms with Gasteiger partial charge in [0.1, 0.15) is 5.75 Å². The van der Waals surface area contributed by atoms with Crippen molar-refractivity contribution in [2.24, 2.45) is 5.10 Å². The summed E-state index contributed by atoms with van der Waals surface area (Å²) in [6.07, 6.45) is 0.161. The van der Waals surface area contributed by atoms with Crippen molar-refractivity contribution in [3.8, 4) is 5.75 Å². The predicted molar refractivity (Wildman–Crippen MR) is 114 cm³/mol. The quantitative estimate of drug-likeness (QED) is 0.657. The van der Waals surface area contributed by atoms with E-state index in [1.165, 1.54) is 0 Å². The van der Waals surface area contributed by atoms with Gasteiger partial charge in [0.05, 0.1) is 11.1 Å². The van der Waals surface area contributed by atoms with Crippen LogP contribution < -0.4 is 4.74 Å². The number of aliphatic hydroxyl groups is 1. The Labute approximate surface area is 185 Å². The standard InChI is InChI=1S/C22H23ClN4O4/c23-18-10-15(11-25-12-17(29)13-25)6-7-19(18)30-20-8-9-26(20)27-21(14-28)31-22(24-27)16-4-2-1-3-5-16/h1-7,10,14,17,20-21,29H,8-9,11-13H2. The Morgan fingerprint density at radius 1 is 1.23 bits per heavy atom. The maximum atomic E-state index is 11.6. The van der Waals surface area contributed by atoms with Crippen LogP contribution in [0.25, 0.3) is 0 Å². The highest BCUT2D eigenvalue weighted by molar-refractivity contribution is 6.32. The monoisotopic (exact) mass is 442 g/mol. The van der Waals surface area contributed by atoms with Gasteiger partial charge in [-0.2, -0.15) is 10.1 Å². The van der Waals surface area contributed by atoms with E-state index in [0.29, 0.717) is 36.3 Å². The molecule has 0 saturated carbocycles. The molecule has 9 heteroatoms. The zero-order valence-corrected chi connectivity index (χ0v) is 17.6. The van der Waals surface area contributed by atoms with Crippen LogP contribution in [-0.4, -0.2) is 70.5 Å². The molecule has 3 aliphatic heterocycles. The molecule has 2 atom stereocenters. The fourth-order valence-corrected chi connectivity index (χ4v) is 4.09. The lowest BCUT2D eigenvalue weighted by atomic mass is 10.1. The molecule has 0 amide bonds. The summed E-state index contributed by atoms with van der Waals surface area (Å²) in [6, 6.07) is 15.2. The molecule has 0 aromatic heterocycles. The molecule has 0 aliphatic carbocycles. The van der Waals surface area contributed by atoms with E-state index in [2.05, 4.69) is 10.0 Å². The number of hydrogen-bond acceptors (Lipinski definition) is 8. The number of carbonyl (C=O) groups excluding carboxylic acids is 1. The topological polar surface area (TPSA) is 77.8 Å². The van der Waals surface area contributed by atoms with Gasteiger partial charge < -0.3 is 14.6 Å². The normalized spacial score (nSPS) is 24.2. The first-order chi connectivity index (χ1) is 15.1. The van der Waals surface area contributed by atoms with E-state index in [4.69, 9.17) is 21.1 Å². The van der Waals surface area contributed by atoms with Crippen molar-refractivity contribution in [3.05, 3.63) is 64.7 Å². The maximum absolute atomic E-state index is 11.6. The van der Waals surface area contributed by atoms with Crippen LogP contribution in [0, 0.1) is 0 Å². The number of hydrogen-bond donors (Lipinski definition) is 1. The minimum Gasteiger partial charge on any atom is -0.472 e. The summed E-state index contributed by atoms with van der Waals surface area (Å²) in [5.74, 6) is 0.987. The zero-order chi connectivity index (χ0) is 21.4. The van der Waals surface area contributed by atoms with Gasteiger partial charge >= 0.3 is 0 Å². The van der Waals surface area contributed by atoms with Crippen molar-refractivity contribution < 1.29 is 19.4 Å². The van der Waals surface area contributed by atoms with Crippen LogP contribution in [-0.2, 0) is 16.1 Å². The third-order valence-electron chi connectivity index (χ3n) is 5.59. The van der Waals surface area contributed by atoms with Gasteiger partial charge in [-0.15, -0.1) is 5.10 Å².